The van der Waals surface area contributed by atoms with Crippen LogP contribution in [0.3, 0.4) is 0 Å². The van der Waals surface area contributed by atoms with E-state index >= 15 is 0 Å². The van der Waals surface area contributed by atoms with Gasteiger partial charge in [-0.05, 0) is 26.3 Å². The van der Waals surface area contributed by atoms with Crippen molar-refractivity contribution in [2.75, 3.05) is 14.2 Å². The van der Waals surface area contributed by atoms with Crippen LogP contribution in [0.25, 0.3) is 0 Å². The molecule has 3 unspecified atom stereocenters. The zero-order chi connectivity index (χ0) is 16.3. The largest absolute Gasteiger partial charge is 0.493 e. The molecule has 1 aliphatic rings. The Hall–Kier alpha value is -1.86. The fraction of sp³-hybridized carbons (Fsp3) is 0.533. The molecule has 22 heavy (non-hydrogen) atoms. The zero-order valence-electron chi connectivity index (χ0n) is 13.2. The van der Waals surface area contributed by atoms with Gasteiger partial charge in [0.25, 0.3) is 0 Å². The first-order valence-corrected chi connectivity index (χ1v) is 7.19. The van der Waals surface area contributed by atoms with E-state index < -0.39 is 11.9 Å². The van der Waals surface area contributed by atoms with Gasteiger partial charge in [-0.25, -0.2) is 9.82 Å². The number of carbonyl (C=O) groups excluding carboxylic acids is 1. The van der Waals surface area contributed by atoms with Gasteiger partial charge >= 0.3 is 0 Å². The van der Waals surface area contributed by atoms with E-state index in [4.69, 9.17) is 9.47 Å². The highest BCUT2D eigenvalue weighted by Gasteiger charge is 2.28. The molecule has 1 aromatic carbocycles. The molecule has 1 heterocycles. The number of ether oxygens (including phenoxy) is 2. The van der Waals surface area contributed by atoms with E-state index in [2.05, 4.69) is 16.2 Å². The normalized spacial score (nSPS) is 22.2. The molecule has 1 aromatic rings. The summed E-state index contributed by atoms with van der Waals surface area (Å²) in [7, 11) is 2.93. The predicted molar refractivity (Wildman–Crippen MR) is 80.2 cm³/mol. The van der Waals surface area contributed by atoms with Crippen molar-refractivity contribution < 1.29 is 18.7 Å². The number of benzene rings is 1. The highest BCUT2D eigenvalue weighted by molar-refractivity contribution is 5.82. The first kappa shape index (κ1) is 16.5. The molecule has 0 bridgehead atoms. The molecular weight excluding hydrogens is 289 g/mol. The molecule has 1 aliphatic heterocycles. The van der Waals surface area contributed by atoms with Crippen LogP contribution in [0.1, 0.15) is 31.9 Å². The average molecular weight is 311 g/mol. The van der Waals surface area contributed by atoms with Crippen LogP contribution in [0.4, 0.5) is 4.39 Å². The molecule has 1 amide bonds. The number of amides is 1. The number of hydrogen-bond donors (Lipinski definition) is 3. The maximum atomic E-state index is 14.2. The van der Waals surface area contributed by atoms with E-state index in [0.29, 0.717) is 23.5 Å². The Labute approximate surface area is 129 Å². The molecule has 0 spiro atoms. The molecule has 0 radical (unpaired) electrons. The van der Waals surface area contributed by atoms with Gasteiger partial charge in [-0.1, -0.05) is 0 Å². The number of nitrogens with one attached hydrogen (secondary N) is 3. The SMILES string of the molecule is COc1cc(F)c(C(C)NC(=O)C2CC(C)NN2)cc1OC. The smallest absolute Gasteiger partial charge is 0.239 e. The Morgan fingerprint density at radius 3 is 2.50 bits per heavy atom. The summed E-state index contributed by atoms with van der Waals surface area (Å²) < 4.78 is 24.4. The summed E-state index contributed by atoms with van der Waals surface area (Å²) in [6.45, 7) is 3.71. The minimum Gasteiger partial charge on any atom is -0.493 e. The summed E-state index contributed by atoms with van der Waals surface area (Å²) in [5.41, 5.74) is 6.26. The van der Waals surface area contributed by atoms with E-state index in [9.17, 15) is 9.18 Å². The Kier molecular flexibility index (Phi) is 5.20. The first-order valence-electron chi connectivity index (χ1n) is 7.19. The van der Waals surface area contributed by atoms with Crippen molar-refractivity contribution in [3.05, 3.63) is 23.5 Å². The van der Waals surface area contributed by atoms with Gasteiger partial charge in [-0.2, -0.15) is 0 Å². The van der Waals surface area contributed by atoms with Gasteiger partial charge in [0.15, 0.2) is 11.5 Å². The molecule has 1 saturated heterocycles. The van der Waals surface area contributed by atoms with Gasteiger partial charge in [-0.3, -0.25) is 10.2 Å². The van der Waals surface area contributed by atoms with E-state index in [1.165, 1.54) is 20.3 Å². The van der Waals surface area contributed by atoms with Crippen LogP contribution in [0.5, 0.6) is 11.5 Å². The van der Waals surface area contributed by atoms with Gasteiger partial charge in [0.2, 0.25) is 5.91 Å². The van der Waals surface area contributed by atoms with Crippen LogP contribution < -0.4 is 25.6 Å². The van der Waals surface area contributed by atoms with Crippen molar-refractivity contribution in [2.45, 2.75) is 38.4 Å². The Bertz CT molecular complexity index is 553. The molecule has 0 aliphatic carbocycles. The van der Waals surface area contributed by atoms with Crippen molar-refractivity contribution in [1.82, 2.24) is 16.2 Å². The van der Waals surface area contributed by atoms with Crippen LogP contribution in [0, 0.1) is 5.82 Å². The third-order valence-electron chi connectivity index (χ3n) is 3.74. The van der Waals surface area contributed by atoms with Crippen molar-refractivity contribution >= 4 is 5.91 Å². The van der Waals surface area contributed by atoms with Crippen molar-refractivity contribution in [3.8, 4) is 11.5 Å². The molecule has 3 N–H and O–H groups in total. The Morgan fingerprint density at radius 1 is 1.32 bits per heavy atom. The van der Waals surface area contributed by atoms with Crippen molar-refractivity contribution in [1.29, 1.82) is 0 Å². The van der Waals surface area contributed by atoms with Gasteiger partial charge < -0.3 is 14.8 Å². The standard InChI is InChI=1S/C15H22FN3O3/c1-8-5-12(19-18-8)15(20)17-9(2)10-6-13(21-3)14(22-4)7-11(10)16/h6-9,12,18-19H,5H2,1-4H3,(H,17,20). The molecule has 7 heteroatoms. The van der Waals surface area contributed by atoms with Crippen LogP contribution in [0.15, 0.2) is 12.1 Å². The van der Waals surface area contributed by atoms with E-state index in [-0.39, 0.29) is 18.0 Å². The molecule has 6 nitrogen and oxygen atoms in total. The lowest BCUT2D eigenvalue weighted by molar-refractivity contribution is -0.123. The van der Waals surface area contributed by atoms with Crippen molar-refractivity contribution in [3.63, 3.8) is 0 Å². The second-order valence-electron chi connectivity index (χ2n) is 5.44. The number of halogens is 1. The van der Waals surface area contributed by atoms with Gasteiger partial charge in [-0.15, -0.1) is 0 Å². The van der Waals surface area contributed by atoms with E-state index in [0.717, 1.165) is 0 Å². The summed E-state index contributed by atoms with van der Waals surface area (Å²) in [4.78, 5) is 12.2. The second kappa shape index (κ2) is 6.93. The minimum atomic E-state index is -0.481. The number of methoxy groups -OCH3 is 2. The van der Waals surface area contributed by atoms with Gasteiger partial charge in [0.1, 0.15) is 11.9 Å². The highest BCUT2D eigenvalue weighted by Crippen LogP contribution is 2.32. The summed E-state index contributed by atoms with van der Waals surface area (Å²) in [5, 5.41) is 2.81. The molecule has 3 atom stereocenters. The molecule has 122 valence electrons. The number of hydrazine groups is 1. The van der Waals surface area contributed by atoms with Gasteiger partial charge in [0, 0.05) is 17.7 Å². The fourth-order valence-corrected chi connectivity index (χ4v) is 2.48. The van der Waals surface area contributed by atoms with Crippen molar-refractivity contribution in [2.24, 2.45) is 0 Å². The lowest BCUT2D eigenvalue weighted by Gasteiger charge is -2.19. The number of carbonyl (C=O) groups is 1. The molecular formula is C15H22FN3O3. The Balaban J connectivity index is 2.12. The summed E-state index contributed by atoms with van der Waals surface area (Å²) in [6.07, 6.45) is 0.687. The minimum absolute atomic E-state index is 0.168. The lowest BCUT2D eigenvalue weighted by Crippen LogP contribution is -2.44. The third kappa shape index (κ3) is 3.48. The van der Waals surface area contributed by atoms with E-state index in [1.54, 1.807) is 13.0 Å². The Morgan fingerprint density at radius 2 is 1.95 bits per heavy atom. The number of rotatable bonds is 5. The predicted octanol–water partition coefficient (Wildman–Crippen LogP) is 1.28. The second-order valence-corrected chi connectivity index (χ2v) is 5.44. The third-order valence-corrected chi connectivity index (χ3v) is 3.74. The summed E-state index contributed by atoms with van der Waals surface area (Å²) >= 11 is 0. The fourth-order valence-electron chi connectivity index (χ4n) is 2.48. The molecule has 1 fully saturated rings. The van der Waals surface area contributed by atoms with Crippen LogP contribution in [-0.4, -0.2) is 32.2 Å². The zero-order valence-corrected chi connectivity index (χ0v) is 13.2. The number of hydrogen-bond acceptors (Lipinski definition) is 5. The van der Waals surface area contributed by atoms with E-state index in [1.807, 2.05) is 6.92 Å². The summed E-state index contributed by atoms with van der Waals surface area (Å²) in [6, 6.07) is 2.23. The quantitative estimate of drug-likeness (QED) is 0.764. The lowest BCUT2D eigenvalue weighted by atomic mass is 10.1. The van der Waals surface area contributed by atoms with Gasteiger partial charge in [0.05, 0.1) is 20.3 Å². The monoisotopic (exact) mass is 311 g/mol. The molecule has 0 aromatic heterocycles. The average Bonchev–Trinajstić information content (AvgIpc) is 2.93. The van der Waals surface area contributed by atoms with Crippen LogP contribution >= 0.6 is 0 Å². The first-order chi connectivity index (χ1) is 10.5. The maximum absolute atomic E-state index is 14.2. The van der Waals surface area contributed by atoms with Crippen LogP contribution in [0.2, 0.25) is 0 Å². The summed E-state index contributed by atoms with van der Waals surface area (Å²) in [5.74, 6) is 0.127. The highest BCUT2D eigenvalue weighted by atomic mass is 19.1. The van der Waals surface area contributed by atoms with Crippen LogP contribution in [-0.2, 0) is 4.79 Å². The molecule has 0 saturated carbocycles. The maximum Gasteiger partial charge on any atom is 0.239 e. The topological polar surface area (TPSA) is 71.6 Å². The molecule has 2 rings (SSSR count).